The molecule has 0 atom stereocenters. The van der Waals surface area contributed by atoms with Crippen molar-refractivity contribution < 1.29 is 14.0 Å². The molecule has 2 aromatic carbocycles. The van der Waals surface area contributed by atoms with Crippen molar-refractivity contribution in [3.8, 4) is 11.4 Å². The first-order valence-corrected chi connectivity index (χ1v) is 9.12. The van der Waals surface area contributed by atoms with Crippen LogP contribution in [-0.4, -0.2) is 32.5 Å². The molecule has 2 amide bonds. The van der Waals surface area contributed by atoms with Crippen molar-refractivity contribution >= 4 is 23.2 Å². The molecule has 0 fully saturated rings. The topological polar surface area (TPSA) is 90.4 Å². The van der Waals surface area contributed by atoms with Crippen LogP contribution in [-0.2, 0) is 16.1 Å². The minimum atomic E-state index is -0.354. The molecule has 0 saturated carbocycles. The highest BCUT2D eigenvalue weighted by Gasteiger charge is 2.24. The van der Waals surface area contributed by atoms with Crippen LogP contribution in [0.4, 0.5) is 10.1 Å². The second-order valence-corrected chi connectivity index (χ2v) is 6.59. The van der Waals surface area contributed by atoms with Gasteiger partial charge in [0.05, 0.1) is 6.54 Å². The van der Waals surface area contributed by atoms with Crippen LogP contribution in [0, 0.1) is 5.82 Å². The van der Waals surface area contributed by atoms with Crippen molar-refractivity contribution in [3.63, 3.8) is 0 Å². The molecule has 1 aliphatic rings. The van der Waals surface area contributed by atoms with E-state index in [4.69, 9.17) is 0 Å². The number of hydrazone groups is 1. The number of carbonyl (C=O) groups is 2. The predicted molar refractivity (Wildman–Crippen MR) is 106 cm³/mol. The zero-order valence-corrected chi connectivity index (χ0v) is 15.4. The number of benzene rings is 2. The Morgan fingerprint density at radius 3 is 2.55 bits per heavy atom. The van der Waals surface area contributed by atoms with E-state index in [0.29, 0.717) is 5.69 Å². The van der Waals surface area contributed by atoms with E-state index < -0.39 is 0 Å². The number of aromatic amines is 1. The Bertz CT molecular complexity index is 1040. The van der Waals surface area contributed by atoms with E-state index in [-0.39, 0.29) is 42.7 Å². The first kappa shape index (κ1) is 18.5. The molecule has 7 nitrogen and oxygen atoms in total. The first-order chi connectivity index (χ1) is 14.1. The second-order valence-electron chi connectivity index (χ2n) is 6.59. The molecule has 8 heteroatoms. The maximum atomic E-state index is 13.1. The molecule has 2 heterocycles. The summed E-state index contributed by atoms with van der Waals surface area (Å²) in [5.41, 5.74) is 2.54. The smallest absolute Gasteiger partial charge is 0.271 e. The Hall–Kier alpha value is -3.81. The fourth-order valence-electron chi connectivity index (χ4n) is 2.99. The first-order valence-electron chi connectivity index (χ1n) is 9.12. The molecule has 0 unspecified atom stereocenters. The number of carbonyl (C=O) groups excluding carboxylic acids is 2. The zero-order chi connectivity index (χ0) is 20.2. The van der Waals surface area contributed by atoms with Crippen molar-refractivity contribution in [2.75, 3.05) is 5.32 Å². The molecule has 2 N–H and O–H groups in total. The van der Waals surface area contributed by atoms with Gasteiger partial charge < -0.3 is 10.3 Å². The average Bonchev–Trinajstić information content (AvgIpc) is 3.27. The SMILES string of the molecule is O=C(Nc1ccc(-c2ncc[nH]2)cc1)C1=NN(Cc2ccc(F)cc2)C(=O)CC1. The number of anilines is 1. The van der Waals surface area contributed by atoms with Crippen molar-refractivity contribution in [2.24, 2.45) is 5.10 Å². The van der Waals surface area contributed by atoms with E-state index in [1.807, 2.05) is 12.1 Å². The van der Waals surface area contributed by atoms with Gasteiger partial charge in [0, 0.05) is 36.5 Å². The minimum absolute atomic E-state index is 0.173. The van der Waals surface area contributed by atoms with Gasteiger partial charge in [-0.15, -0.1) is 0 Å². The number of hydrogen-bond acceptors (Lipinski definition) is 4. The standard InChI is InChI=1S/C21H18FN5O2/c22-16-5-1-14(2-6-16)13-27-19(28)10-9-18(26-27)21(29)25-17-7-3-15(4-8-17)20-23-11-12-24-20/h1-8,11-12H,9-10,13H2,(H,23,24)(H,25,29). The maximum absolute atomic E-state index is 13.1. The van der Waals surface area contributed by atoms with Crippen molar-refractivity contribution in [2.45, 2.75) is 19.4 Å². The number of imidazole rings is 1. The molecular weight excluding hydrogens is 373 g/mol. The highest BCUT2D eigenvalue weighted by molar-refractivity contribution is 6.43. The Kier molecular flexibility index (Phi) is 5.15. The highest BCUT2D eigenvalue weighted by Crippen LogP contribution is 2.19. The van der Waals surface area contributed by atoms with Crippen LogP contribution in [0.5, 0.6) is 0 Å². The molecule has 0 aliphatic carbocycles. The second kappa shape index (κ2) is 8.05. The lowest BCUT2D eigenvalue weighted by molar-refractivity contribution is -0.132. The van der Waals surface area contributed by atoms with Gasteiger partial charge in [0.1, 0.15) is 17.4 Å². The Balaban J connectivity index is 1.44. The van der Waals surface area contributed by atoms with Crippen LogP contribution >= 0.6 is 0 Å². The van der Waals surface area contributed by atoms with E-state index in [1.165, 1.54) is 17.1 Å². The van der Waals surface area contributed by atoms with E-state index in [1.54, 1.807) is 36.7 Å². The fraction of sp³-hybridized carbons (Fsp3) is 0.143. The van der Waals surface area contributed by atoms with Gasteiger partial charge in [-0.2, -0.15) is 5.10 Å². The summed E-state index contributed by atoms with van der Waals surface area (Å²) in [5, 5.41) is 8.27. The summed E-state index contributed by atoms with van der Waals surface area (Å²) in [6.45, 7) is 0.188. The minimum Gasteiger partial charge on any atom is -0.345 e. The highest BCUT2D eigenvalue weighted by atomic mass is 19.1. The quantitative estimate of drug-likeness (QED) is 0.699. The molecule has 4 rings (SSSR count). The van der Waals surface area contributed by atoms with Gasteiger partial charge in [0.15, 0.2) is 0 Å². The summed E-state index contributed by atoms with van der Waals surface area (Å²) in [7, 11) is 0. The Labute approximate surface area is 166 Å². The predicted octanol–water partition coefficient (Wildman–Crippen LogP) is 3.33. The summed E-state index contributed by atoms with van der Waals surface area (Å²) >= 11 is 0. The van der Waals surface area contributed by atoms with Crippen LogP contribution in [0.2, 0.25) is 0 Å². The summed E-state index contributed by atoms with van der Waals surface area (Å²) in [4.78, 5) is 31.9. The van der Waals surface area contributed by atoms with E-state index in [2.05, 4.69) is 20.4 Å². The summed E-state index contributed by atoms with van der Waals surface area (Å²) in [6, 6.07) is 13.1. The third-order valence-electron chi connectivity index (χ3n) is 4.53. The van der Waals surface area contributed by atoms with Gasteiger partial charge in [-0.3, -0.25) is 9.59 Å². The number of nitrogens with zero attached hydrogens (tertiary/aromatic N) is 3. The molecule has 1 aromatic heterocycles. The van der Waals surface area contributed by atoms with Crippen LogP contribution < -0.4 is 5.32 Å². The molecule has 0 bridgehead atoms. The Morgan fingerprint density at radius 1 is 1.10 bits per heavy atom. The van der Waals surface area contributed by atoms with Gasteiger partial charge in [-0.1, -0.05) is 12.1 Å². The van der Waals surface area contributed by atoms with E-state index in [9.17, 15) is 14.0 Å². The average molecular weight is 391 g/mol. The third kappa shape index (κ3) is 4.37. The number of aromatic nitrogens is 2. The summed E-state index contributed by atoms with van der Waals surface area (Å²) in [6.07, 6.45) is 3.89. The maximum Gasteiger partial charge on any atom is 0.271 e. The van der Waals surface area contributed by atoms with Crippen molar-refractivity contribution in [3.05, 3.63) is 72.3 Å². The van der Waals surface area contributed by atoms with Crippen LogP contribution in [0.3, 0.4) is 0 Å². The number of rotatable bonds is 5. The number of halogens is 1. The van der Waals surface area contributed by atoms with Gasteiger partial charge in [0.25, 0.3) is 5.91 Å². The Morgan fingerprint density at radius 2 is 1.86 bits per heavy atom. The molecule has 29 heavy (non-hydrogen) atoms. The van der Waals surface area contributed by atoms with Crippen LogP contribution in [0.1, 0.15) is 18.4 Å². The van der Waals surface area contributed by atoms with Gasteiger partial charge in [-0.25, -0.2) is 14.4 Å². The van der Waals surface area contributed by atoms with Crippen molar-refractivity contribution in [1.82, 2.24) is 15.0 Å². The summed E-state index contributed by atoms with van der Waals surface area (Å²) in [5.74, 6) is -0.129. The lowest BCUT2D eigenvalue weighted by atomic mass is 10.1. The summed E-state index contributed by atoms with van der Waals surface area (Å²) < 4.78 is 13.1. The normalized spacial score (nSPS) is 13.9. The molecule has 3 aromatic rings. The molecule has 146 valence electrons. The van der Waals surface area contributed by atoms with Crippen LogP contribution in [0.25, 0.3) is 11.4 Å². The lowest BCUT2D eigenvalue weighted by Crippen LogP contribution is -2.36. The third-order valence-corrected chi connectivity index (χ3v) is 4.53. The zero-order valence-electron chi connectivity index (χ0n) is 15.4. The fourth-order valence-corrected chi connectivity index (χ4v) is 2.99. The van der Waals surface area contributed by atoms with Gasteiger partial charge in [-0.05, 0) is 42.0 Å². The van der Waals surface area contributed by atoms with Crippen molar-refractivity contribution in [1.29, 1.82) is 0 Å². The van der Waals surface area contributed by atoms with Gasteiger partial charge >= 0.3 is 0 Å². The van der Waals surface area contributed by atoms with Gasteiger partial charge in [0.2, 0.25) is 5.91 Å². The largest absolute Gasteiger partial charge is 0.345 e. The molecular formula is C21H18FN5O2. The molecule has 0 radical (unpaired) electrons. The molecule has 0 saturated heterocycles. The monoisotopic (exact) mass is 391 g/mol. The molecule has 1 aliphatic heterocycles. The number of H-pyrrole nitrogens is 1. The number of nitrogens with one attached hydrogen (secondary N) is 2. The number of amides is 2. The lowest BCUT2D eigenvalue weighted by Gasteiger charge is -2.23. The van der Waals surface area contributed by atoms with E-state index >= 15 is 0 Å². The number of hydrogen-bond donors (Lipinski definition) is 2. The molecule has 0 spiro atoms. The van der Waals surface area contributed by atoms with E-state index in [0.717, 1.165) is 17.0 Å². The van der Waals surface area contributed by atoms with Crippen LogP contribution in [0.15, 0.2) is 66.0 Å².